The molecule has 0 saturated heterocycles. The van der Waals surface area contributed by atoms with Crippen LogP contribution in [-0.2, 0) is 10.2 Å². The van der Waals surface area contributed by atoms with Crippen molar-refractivity contribution in [3.63, 3.8) is 0 Å². The van der Waals surface area contributed by atoms with Crippen molar-refractivity contribution in [1.29, 1.82) is 0 Å². The van der Waals surface area contributed by atoms with Gasteiger partial charge in [-0.2, -0.15) is 0 Å². The topological polar surface area (TPSA) is 43.1 Å². The first kappa shape index (κ1) is 21.1. The van der Waals surface area contributed by atoms with Crippen LogP contribution in [0.1, 0.15) is 63.5 Å². The highest BCUT2D eigenvalue weighted by Gasteiger charge is 2.41. The third-order valence-electron chi connectivity index (χ3n) is 6.01. The van der Waals surface area contributed by atoms with Crippen LogP contribution in [0.25, 0.3) is 0 Å². The van der Waals surface area contributed by atoms with E-state index in [0.717, 1.165) is 23.5 Å². The zero-order valence-corrected chi connectivity index (χ0v) is 16.9. The van der Waals surface area contributed by atoms with Gasteiger partial charge in [-0.1, -0.05) is 42.5 Å². The number of amides is 1. The predicted octanol–water partition coefficient (Wildman–Crippen LogP) is 5.91. The van der Waals surface area contributed by atoms with Crippen LogP contribution in [0.4, 0.5) is 4.39 Å². The molecule has 0 aromatic heterocycles. The lowest BCUT2D eigenvalue weighted by Gasteiger charge is -2.31. The van der Waals surface area contributed by atoms with E-state index in [0.29, 0.717) is 24.8 Å². The standard InChI is InChI=1S/C18H22FNO.C6H10/c1-4-14-9-11-18(17(20)21,10-8-12(14)2)15-6-5-7-16(19)13(15)3;1-5(2)6-3-4-6/h4-7H,2,8-11H2,1,3H3,(H2,20,21);6H,1,3-4H2,2H3/b14-4-;. The van der Waals surface area contributed by atoms with Gasteiger partial charge in [0.2, 0.25) is 5.91 Å². The Morgan fingerprint density at radius 1 is 1.30 bits per heavy atom. The Morgan fingerprint density at radius 2 is 1.93 bits per heavy atom. The van der Waals surface area contributed by atoms with Crippen LogP contribution in [0.2, 0.25) is 0 Å². The summed E-state index contributed by atoms with van der Waals surface area (Å²) in [4.78, 5) is 12.2. The van der Waals surface area contributed by atoms with E-state index in [2.05, 4.69) is 20.1 Å². The molecule has 1 atom stereocenters. The minimum absolute atomic E-state index is 0.289. The van der Waals surface area contributed by atoms with Gasteiger partial charge in [0.1, 0.15) is 5.82 Å². The van der Waals surface area contributed by atoms with E-state index in [9.17, 15) is 9.18 Å². The molecule has 1 amide bonds. The molecule has 2 N–H and O–H groups in total. The second-order valence-electron chi connectivity index (χ2n) is 7.90. The lowest BCUT2D eigenvalue weighted by atomic mass is 9.72. The minimum atomic E-state index is -0.806. The third kappa shape index (κ3) is 4.77. The van der Waals surface area contributed by atoms with E-state index >= 15 is 0 Å². The average Bonchev–Trinajstić information content (AvgIpc) is 3.46. The van der Waals surface area contributed by atoms with E-state index in [1.54, 1.807) is 13.0 Å². The van der Waals surface area contributed by atoms with Crippen molar-refractivity contribution in [2.45, 2.75) is 64.7 Å². The van der Waals surface area contributed by atoms with Crippen molar-refractivity contribution >= 4 is 5.91 Å². The summed E-state index contributed by atoms with van der Waals surface area (Å²) >= 11 is 0. The maximum Gasteiger partial charge on any atom is 0.228 e. The van der Waals surface area contributed by atoms with Gasteiger partial charge in [0.25, 0.3) is 0 Å². The first-order chi connectivity index (χ1) is 12.7. The Kier molecular flexibility index (Phi) is 6.80. The van der Waals surface area contributed by atoms with Crippen LogP contribution >= 0.6 is 0 Å². The summed E-state index contributed by atoms with van der Waals surface area (Å²) in [5.41, 5.74) is 9.77. The number of carbonyl (C=O) groups excluding carboxylic acids is 1. The Hall–Kier alpha value is -2.16. The summed E-state index contributed by atoms with van der Waals surface area (Å²) in [7, 11) is 0. The zero-order valence-electron chi connectivity index (χ0n) is 16.9. The molecule has 2 saturated carbocycles. The SMILES string of the molecule is C=C(C)C1CC1.C=C1CCC(C(N)=O)(c2cccc(F)c2C)CC/C1=C/C. The monoisotopic (exact) mass is 369 g/mol. The third-order valence-corrected chi connectivity index (χ3v) is 6.01. The molecule has 2 nitrogen and oxygen atoms in total. The highest BCUT2D eigenvalue weighted by Crippen LogP contribution is 2.42. The van der Waals surface area contributed by atoms with E-state index in [1.807, 2.05) is 19.1 Å². The van der Waals surface area contributed by atoms with Gasteiger partial charge in [0, 0.05) is 0 Å². The lowest BCUT2D eigenvalue weighted by Crippen LogP contribution is -2.41. The summed E-state index contributed by atoms with van der Waals surface area (Å²) in [5.74, 6) is 0.244. The molecule has 2 fully saturated rings. The lowest BCUT2D eigenvalue weighted by molar-refractivity contribution is -0.124. The molecule has 146 valence electrons. The number of primary amides is 1. The second kappa shape index (κ2) is 8.69. The molecular formula is C24H32FNO. The molecule has 0 spiro atoms. The van der Waals surface area contributed by atoms with Gasteiger partial charge in [0.15, 0.2) is 0 Å². The predicted molar refractivity (Wildman–Crippen MR) is 111 cm³/mol. The molecule has 1 aromatic carbocycles. The van der Waals surface area contributed by atoms with Crippen molar-refractivity contribution in [2.75, 3.05) is 0 Å². The number of carbonyl (C=O) groups is 1. The fraction of sp³-hybridized carbons (Fsp3) is 0.458. The van der Waals surface area contributed by atoms with Crippen molar-refractivity contribution in [3.05, 3.63) is 71.1 Å². The second-order valence-corrected chi connectivity index (χ2v) is 7.90. The fourth-order valence-electron chi connectivity index (χ4n) is 3.87. The van der Waals surface area contributed by atoms with Gasteiger partial charge in [-0.05, 0) is 88.0 Å². The van der Waals surface area contributed by atoms with Gasteiger partial charge in [-0.15, -0.1) is 0 Å². The van der Waals surface area contributed by atoms with E-state index < -0.39 is 5.41 Å². The molecule has 0 bridgehead atoms. The molecule has 0 heterocycles. The number of hydrogen-bond acceptors (Lipinski definition) is 1. The Bertz CT molecular complexity index is 773. The molecule has 2 aliphatic rings. The fourth-order valence-corrected chi connectivity index (χ4v) is 3.87. The zero-order chi connectivity index (χ0) is 20.2. The highest BCUT2D eigenvalue weighted by molar-refractivity contribution is 5.87. The molecule has 3 heteroatoms. The number of hydrogen-bond donors (Lipinski definition) is 1. The minimum Gasteiger partial charge on any atom is -0.369 e. The molecule has 1 aromatic rings. The van der Waals surface area contributed by atoms with E-state index in [-0.39, 0.29) is 11.7 Å². The maximum atomic E-state index is 13.9. The summed E-state index contributed by atoms with van der Waals surface area (Å²) < 4.78 is 13.9. The van der Waals surface area contributed by atoms with Gasteiger partial charge in [-0.3, -0.25) is 4.79 Å². The van der Waals surface area contributed by atoms with Crippen LogP contribution in [0.3, 0.4) is 0 Å². The van der Waals surface area contributed by atoms with Gasteiger partial charge < -0.3 is 5.73 Å². The summed E-state index contributed by atoms with van der Waals surface area (Å²) in [6.07, 6.45) is 7.48. The number of rotatable bonds is 3. The van der Waals surface area contributed by atoms with Crippen molar-refractivity contribution in [3.8, 4) is 0 Å². The first-order valence-electron chi connectivity index (χ1n) is 9.77. The first-order valence-corrected chi connectivity index (χ1v) is 9.77. The van der Waals surface area contributed by atoms with Gasteiger partial charge in [-0.25, -0.2) is 4.39 Å². The molecule has 0 radical (unpaired) electrons. The molecule has 2 aliphatic carbocycles. The number of allylic oxidation sites excluding steroid dienone is 4. The number of benzene rings is 1. The molecular weight excluding hydrogens is 337 g/mol. The van der Waals surface area contributed by atoms with E-state index in [1.165, 1.54) is 30.1 Å². The smallest absolute Gasteiger partial charge is 0.228 e. The van der Waals surface area contributed by atoms with Crippen LogP contribution in [0.5, 0.6) is 0 Å². The van der Waals surface area contributed by atoms with Gasteiger partial charge in [0.05, 0.1) is 5.41 Å². The quantitative estimate of drug-likeness (QED) is 0.522. The maximum absolute atomic E-state index is 13.9. The Morgan fingerprint density at radius 3 is 2.41 bits per heavy atom. The van der Waals surface area contributed by atoms with Crippen LogP contribution in [0.15, 0.2) is 54.2 Å². The van der Waals surface area contributed by atoms with Crippen LogP contribution in [0, 0.1) is 18.7 Å². The number of nitrogens with two attached hydrogens (primary N) is 1. The Labute approximate surface area is 163 Å². The largest absolute Gasteiger partial charge is 0.369 e. The molecule has 0 aliphatic heterocycles. The van der Waals surface area contributed by atoms with Crippen molar-refractivity contribution in [2.24, 2.45) is 11.7 Å². The molecule has 3 rings (SSSR count). The molecule has 27 heavy (non-hydrogen) atoms. The Balaban J connectivity index is 0.000000369. The summed E-state index contributed by atoms with van der Waals surface area (Å²) in [5, 5.41) is 0. The van der Waals surface area contributed by atoms with Crippen LogP contribution in [-0.4, -0.2) is 5.91 Å². The summed E-state index contributed by atoms with van der Waals surface area (Å²) in [6, 6.07) is 4.89. The highest BCUT2D eigenvalue weighted by atomic mass is 19.1. The van der Waals surface area contributed by atoms with E-state index in [4.69, 9.17) is 5.73 Å². The number of halogens is 1. The molecule has 1 unspecified atom stereocenters. The van der Waals surface area contributed by atoms with Crippen molar-refractivity contribution in [1.82, 2.24) is 0 Å². The normalized spacial score (nSPS) is 24.0. The summed E-state index contributed by atoms with van der Waals surface area (Å²) in [6.45, 7) is 13.7. The van der Waals surface area contributed by atoms with Gasteiger partial charge >= 0.3 is 0 Å². The van der Waals surface area contributed by atoms with Crippen LogP contribution < -0.4 is 5.73 Å². The van der Waals surface area contributed by atoms with Crippen molar-refractivity contribution < 1.29 is 9.18 Å². The average molecular weight is 370 g/mol.